The van der Waals surface area contributed by atoms with Crippen LogP contribution in [0.5, 0.6) is 5.75 Å². The minimum Gasteiger partial charge on any atom is -0.491 e. The van der Waals surface area contributed by atoms with E-state index in [1.165, 1.54) is 6.42 Å². The molecule has 23 heavy (non-hydrogen) atoms. The lowest BCUT2D eigenvalue weighted by atomic mass is 10.1. The second kappa shape index (κ2) is 7.81. The first-order valence-electron chi connectivity index (χ1n) is 8.25. The molecule has 1 atom stereocenters. The van der Waals surface area contributed by atoms with E-state index in [0.717, 1.165) is 48.2 Å². The van der Waals surface area contributed by atoms with Crippen molar-refractivity contribution in [3.8, 4) is 5.75 Å². The van der Waals surface area contributed by atoms with Crippen molar-refractivity contribution in [1.29, 1.82) is 0 Å². The molecule has 0 saturated carbocycles. The Hall–Kier alpha value is -1.56. The summed E-state index contributed by atoms with van der Waals surface area (Å²) in [4.78, 5) is 5.40. The van der Waals surface area contributed by atoms with Crippen LogP contribution in [0.2, 0.25) is 0 Å². The molecule has 1 saturated heterocycles. The van der Waals surface area contributed by atoms with Gasteiger partial charge in [0.1, 0.15) is 12.4 Å². The highest BCUT2D eigenvalue weighted by Crippen LogP contribution is 2.28. The van der Waals surface area contributed by atoms with Crippen LogP contribution in [0.25, 0.3) is 10.9 Å². The van der Waals surface area contributed by atoms with Gasteiger partial charge in [0.05, 0.1) is 12.1 Å². The third kappa shape index (κ3) is 4.25. The SMILES string of the molecule is CN(C)Cc1c(OCCOC2CCCCO2)ccc2[c]c[nH]c12. The van der Waals surface area contributed by atoms with Gasteiger partial charge in [0, 0.05) is 36.4 Å². The average Bonchev–Trinajstić information content (AvgIpc) is 3.02. The van der Waals surface area contributed by atoms with Crippen LogP contribution in [0.4, 0.5) is 0 Å². The Labute approximate surface area is 137 Å². The quantitative estimate of drug-likeness (QED) is 0.798. The van der Waals surface area contributed by atoms with Gasteiger partial charge in [-0.2, -0.15) is 0 Å². The number of hydrogen-bond acceptors (Lipinski definition) is 4. The maximum atomic E-state index is 5.97. The molecule has 5 heteroatoms. The van der Waals surface area contributed by atoms with Crippen LogP contribution < -0.4 is 4.74 Å². The van der Waals surface area contributed by atoms with Gasteiger partial charge in [-0.3, -0.25) is 0 Å². The fraction of sp³-hybridized carbons (Fsp3) is 0.556. The second-order valence-corrected chi connectivity index (χ2v) is 6.15. The van der Waals surface area contributed by atoms with Gasteiger partial charge in [0.25, 0.3) is 0 Å². The summed E-state index contributed by atoms with van der Waals surface area (Å²) < 4.78 is 17.3. The van der Waals surface area contributed by atoms with E-state index in [1.54, 1.807) is 0 Å². The Kier molecular flexibility index (Phi) is 5.54. The topological polar surface area (TPSA) is 46.7 Å². The van der Waals surface area contributed by atoms with Crippen molar-refractivity contribution in [3.05, 3.63) is 30.0 Å². The second-order valence-electron chi connectivity index (χ2n) is 6.15. The largest absolute Gasteiger partial charge is 0.491 e. The molecular formula is C18H25N2O3. The highest BCUT2D eigenvalue weighted by molar-refractivity contribution is 5.84. The Morgan fingerprint density at radius 1 is 1.30 bits per heavy atom. The summed E-state index contributed by atoms with van der Waals surface area (Å²) in [5, 5.41) is 1.08. The van der Waals surface area contributed by atoms with E-state index in [0.29, 0.717) is 13.2 Å². The van der Waals surface area contributed by atoms with E-state index >= 15 is 0 Å². The zero-order valence-corrected chi connectivity index (χ0v) is 13.9. The molecule has 0 amide bonds. The Morgan fingerprint density at radius 2 is 2.22 bits per heavy atom. The molecule has 1 aromatic carbocycles. The van der Waals surface area contributed by atoms with Crippen molar-refractivity contribution in [2.45, 2.75) is 32.1 Å². The van der Waals surface area contributed by atoms with Crippen molar-refractivity contribution < 1.29 is 14.2 Å². The van der Waals surface area contributed by atoms with Gasteiger partial charge < -0.3 is 24.1 Å². The van der Waals surface area contributed by atoms with Gasteiger partial charge in [0.15, 0.2) is 6.29 Å². The summed E-state index contributed by atoms with van der Waals surface area (Å²) in [6, 6.07) is 7.25. The number of aromatic amines is 1. The number of ether oxygens (including phenoxy) is 3. The van der Waals surface area contributed by atoms with Crippen molar-refractivity contribution in [1.82, 2.24) is 9.88 Å². The molecule has 3 rings (SSSR count). The summed E-state index contributed by atoms with van der Waals surface area (Å²) in [6.07, 6.45) is 5.08. The molecule has 1 aliphatic heterocycles. The molecule has 0 spiro atoms. The average molecular weight is 317 g/mol. The maximum absolute atomic E-state index is 5.97. The van der Waals surface area contributed by atoms with Gasteiger partial charge in [-0.25, -0.2) is 0 Å². The lowest BCUT2D eigenvalue weighted by molar-refractivity contribution is -0.165. The molecule has 0 aliphatic carbocycles. The van der Waals surface area contributed by atoms with Crippen LogP contribution in [0.3, 0.4) is 0 Å². The van der Waals surface area contributed by atoms with Gasteiger partial charge >= 0.3 is 0 Å². The zero-order valence-electron chi connectivity index (χ0n) is 13.9. The number of fused-ring (bicyclic) bond motifs is 1. The Morgan fingerprint density at radius 3 is 3.00 bits per heavy atom. The third-order valence-electron chi connectivity index (χ3n) is 3.97. The van der Waals surface area contributed by atoms with E-state index in [1.807, 2.05) is 18.3 Å². The standard InChI is InChI=1S/C18H25N2O3/c1-20(2)13-15-16(7-6-14-8-9-19-18(14)15)21-11-12-23-17-5-3-4-10-22-17/h6-7,9,17,19H,3-5,10-13H2,1-2H3. The molecule has 5 nitrogen and oxygen atoms in total. The molecule has 1 aromatic heterocycles. The van der Waals surface area contributed by atoms with Crippen LogP contribution in [-0.2, 0) is 16.0 Å². The van der Waals surface area contributed by atoms with Gasteiger partial charge in [0.2, 0.25) is 0 Å². The molecule has 1 unspecified atom stereocenters. The fourth-order valence-electron chi connectivity index (χ4n) is 2.88. The molecule has 0 bridgehead atoms. The number of benzene rings is 1. The van der Waals surface area contributed by atoms with E-state index in [9.17, 15) is 0 Å². The van der Waals surface area contributed by atoms with Crippen LogP contribution in [-0.4, -0.2) is 50.1 Å². The van der Waals surface area contributed by atoms with Crippen molar-refractivity contribution in [2.24, 2.45) is 0 Å². The van der Waals surface area contributed by atoms with Crippen molar-refractivity contribution >= 4 is 10.9 Å². The number of nitrogens with zero attached hydrogens (tertiary/aromatic N) is 1. The lowest BCUT2D eigenvalue weighted by Crippen LogP contribution is -2.24. The van der Waals surface area contributed by atoms with Crippen LogP contribution in [0.1, 0.15) is 24.8 Å². The first-order chi connectivity index (χ1) is 11.2. The molecule has 2 heterocycles. The molecule has 1 radical (unpaired) electrons. The van der Waals surface area contributed by atoms with Gasteiger partial charge in [-0.05, 0) is 45.5 Å². The molecule has 2 aromatic rings. The van der Waals surface area contributed by atoms with Crippen LogP contribution in [0, 0.1) is 6.07 Å². The summed E-state index contributed by atoms with van der Waals surface area (Å²) >= 11 is 0. The summed E-state index contributed by atoms with van der Waals surface area (Å²) in [6.45, 7) is 2.68. The molecule has 1 fully saturated rings. The number of hydrogen-bond donors (Lipinski definition) is 1. The van der Waals surface area contributed by atoms with E-state index in [2.05, 4.69) is 30.0 Å². The van der Waals surface area contributed by atoms with Gasteiger partial charge in [-0.1, -0.05) is 0 Å². The molecular weight excluding hydrogens is 292 g/mol. The smallest absolute Gasteiger partial charge is 0.157 e. The van der Waals surface area contributed by atoms with Crippen molar-refractivity contribution in [2.75, 3.05) is 33.9 Å². The molecule has 1 aliphatic rings. The third-order valence-corrected chi connectivity index (χ3v) is 3.97. The number of nitrogens with one attached hydrogen (secondary N) is 1. The minimum absolute atomic E-state index is 0.0610. The number of rotatable bonds is 7. The maximum Gasteiger partial charge on any atom is 0.157 e. The predicted molar refractivity (Wildman–Crippen MR) is 89.6 cm³/mol. The normalized spacial score (nSPS) is 18.7. The van der Waals surface area contributed by atoms with E-state index in [4.69, 9.17) is 14.2 Å². The molecule has 125 valence electrons. The van der Waals surface area contributed by atoms with Gasteiger partial charge in [-0.15, -0.1) is 0 Å². The monoisotopic (exact) mass is 317 g/mol. The fourth-order valence-corrected chi connectivity index (χ4v) is 2.88. The molecule has 1 N–H and O–H groups in total. The van der Waals surface area contributed by atoms with E-state index < -0.39 is 0 Å². The van der Waals surface area contributed by atoms with Crippen LogP contribution >= 0.6 is 0 Å². The summed E-state index contributed by atoms with van der Waals surface area (Å²) in [5.41, 5.74) is 2.25. The lowest BCUT2D eigenvalue weighted by Gasteiger charge is -2.23. The first kappa shape index (κ1) is 16.3. The Balaban J connectivity index is 1.60. The zero-order chi connectivity index (χ0) is 16.1. The van der Waals surface area contributed by atoms with E-state index in [-0.39, 0.29) is 6.29 Å². The highest BCUT2D eigenvalue weighted by Gasteiger charge is 2.14. The minimum atomic E-state index is -0.0610. The summed E-state index contributed by atoms with van der Waals surface area (Å²) in [7, 11) is 4.11. The predicted octanol–water partition coefficient (Wildman–Crippen LogP) is 2.95. The Bertz CT molecular complexity index is 618. The highest BCUT2D eigenvalue weighted by atomic mass is 16.7. The number of aromatic nitrogens is 1. The number of H-pyrrole nitrogens is 1. The first-order valence-corrected chi connectivity index (χ1v) is 8.25. The van der Waals surface area contributed by atoms with Crippen molar-refractivity contribution in [3.63, 3.8) is 0 Å². The van der Waals surface area contributed by atoms with Crippen LogP contribution in [0.15, 0.2) is 18.3 Å². The summed E-state index contributed by atoms with van der Waals surface area (Å²) in [5.74, 6) is 0.898.